The van der Waals surface area contributed by atoms with Crippen LogP contribution in [0.2, 0.25) is 0 Å². The lowest BCUT2D eigenvalue weighted by Gasteiger charge is -2.30. The third-order valence-electron chi connectivity index (χ3n) is 4.06. The van der Waals surface area contributed by atoms with Crippen molar-refractivity contribution in [1.82, 2.24) is 0 Å². The van der Waals surface area contributed by atoms with E-state index < -0.39 is 5.60 Å². The van der Waals surface area contributed by atoms with Crippen molar-refractivity contribution in [3.05, 3.63) is 35.4 Å². The Morgan fingerprint density at radius 2 is 1.56 bits per heavy atom. The molecule has 2 atom stereocenters. The quantitative estimate of drug-likeness (QED) is 0.841. The van der Waals surface area contributed by atoms with Crippen molar-refractivity contribution < 1.29 is 5.11 Å². The minimum Gasteiger partial charge on any atom is -0.390 e. The van der Waals surface area contributed by atoms with Gasteiger partial charge in [0, 0.05) is 6.42 Å². The van der Waals surface area contributed by atoms with Gasteiger partial charge in [-0.3, -0.25) is 0 Å². The van der Waals surface area contributed by atoms with Crippen molar-refractivity contribution in [1.29, 1.82) is 0 Å². The Morgan fingerprint density at radius 1 is 1.06 bits per heavy atom. The van der Waals surface area contributed by atoms with Gasteiger partial charge in [0.05, 0.1) is 5.60 Å². The lowest BCUT2D eigenvalue weighted by Crippen LogP contribution is -2.34. The monoisotopic (exact) mass is 248 g/mol. The molecule has 0 bridgehead atoms. The fourth-order valence-electron chi connectivity index (χ4n) is 2.15. The number of hydrogen-bond donors (Lipinski definition) is 1. The minimum atomic E-state index is -0.613. The Kier molecular flexibility index (Phi) is 4.61. The van der Waals surface area contributed by atoms with Crippen LogP contribution in [0.4, 0.5) is 0 Å². The van der Waals surface area contributed by atoms with Crippen LogP contribution in [-0.4, -0.2) is 10.7 Å². The Morgan fingerprint density at radius 3 is 1.94 bits per heavy atom. The summed E-state index contributed by atoms with van der Waals surface area (Å²) in [4.78, 5) is 0. The third kappa shape index (κ3) is 3.84. The smallest absolute Gasteiger partial charge is 0.0685 e. The van der Waals surface area contributed by atoms with Crippen molar-refractivity contribution in [3.63, 3.8) is 0 Å². The average Bonchev–Trinajstić information content (AvgIpc) is 2.26. The minimum absolute atomic E-state index is 0.192. The molecule has 0 amide bonds. The van der Waals surface area contributed by atoms with Crippen LogP contribution in [-0.2, 0) is 11.8 Å². The second-order valence-corrected chi connectivity index (χ2v) is 6.79. The first-order valence-electron chi connectivity index (χ1n) is 6.98. The zero-order valence-electron chi connectivity index (χ0n) is 12.7. The molecule has 1 heteroatoms. The van der Waals surface area contributed by atoms with Crippen LogP contribution < -0.4 is 0 Å². The first-order valence-corrected chi connectivity index (χ1v) is 6.98. The van der Waals surface area contributed by atoms with E-state index >= 15 is 0 Å². The van der Waals surface area contributed by atoms with E-state index in [0.717, 1.165) is 12.8 Å². The molecule has 0 saturated carbocycles. The zero-order valence-corrected chi connectivity index (χ0v) is 12.7. The molecule has 102 valence electrons. The van der Waals surface area contributed by atoms with Gasteiger partial charge in [0.2, 0.25) is 0 Å². The molecule has 0 aliphatic carbocycles. The first kappa shape index (κ1) is 15.2. The zero-order chi connectivity index (χ0) is 14.0. The van der Waals surface area contributed by atoms with Gasteiger partial charge in [0.1, 0.15) is 0 Å². The van der Waals surface area contributed by atoms with Crippen LogP contribution in [0.3, 0.4) is 0 Å². The van der Waals surface area contributed by atoms with Gasteiger partial charge in [0.25, 0.3) is 0 Å². The topological polar surface area (TPSA) is 20.2 Å². The largest absolute Gasteiger partial charge is 0.390 e. The molecule has 0 fully saturated rings. The highest BCUT2D eigenvalue weighted by molar-refractivity contribution is 5.28. The Labute approximate surface area is 112 Å². The van der Waals surface area contributed by atoms with E-state index in [1.807, 2.05) is 6.92 Å². The highest BCUT2D eigenvalue weighted by atomic mass is 16.3. The first-order chi connectivity index (χ1) is 8.16. The molecule has 1 aromatic carbocycles. The fraction of sp³-hybridized carbons (Fsp3) is 0.647. The second-order valence-electron chi connectivity index (χ2n) is 6.79. The third-order valence-corrected chi connectivity index (χ3v) is 4.06. The van der Waals surface area contributed by atoms with Crippen LogP contribution in [0.25, 0.3) is 0 Å². The van der Waals surface area contributed by atoms with Crippen molar-refractivity contribution in [2.75, 3.05) is 0 Å². The van der Waals surface area contributed by atoms with Gasteiger partial charge in [-0.15, -0.1) is 0 Å². The maximum atomic E-state index is 10.5. The molecular weight excluding hydrogens is 220 g/mol. The highest BCUT2D eigenvalue weighted by Gasteiger charge is 2.27. The van der Waals surface area contributed by atoms with Crippen LogP contribution >= 0.6 is 0 Å². The molecule has 18 heavy (non-hydrogen) atoms. The maximum absolute atomic E-state index is 10.5. The van der Waals surface area contributed by atoms with Crippen molar-refractivity contribution in [2.45, 2.75) is 65.4 Å². The van der Waals surface area contributed by atoms with Crippen LogP contribution in [0.5, 0.6) is 0 Å². The van der Waals surface area contributed by atoms with Gasteiger partial charge in [-0.25, -0.2) is 0 Å². The van der Waals surface area contributed by atoms with E-state index in [4.69, 9.17) is 0 Å². The Balaban J connectivity index is 2.81. The number of hydrogen-bond acceptors (Lipinski definition) is 1. The number of benzene rings is 1. The molecule has 0 saturated heterocycles. The number of aliphatic hydroxyl groups is 1. The summed E-state index contributed by atoms with van der Waals surface area (Å²) in [6.45, 7) is 12.8. The predicted octanol–water partition coefficient (Wildman–Crippen LogP) is 4.32. The summed E-state index contributed by atoms with van der Waals surface area (Å²) in [6.07, 6.45) is 1.74. The maximum Gasteiger partial charge on any atom is 0.0685 e. The summed E-state index contributed by atoms with van der Waals surface area (Å²) >= 11 is 0. The lowest BCUT2D eigenvalue weighted by molar-refractivity contribution is 0.00516. The van der Waals surface area contributed by atoms with E-state index in [0.29, 0.717) is 5.92 Å². The molecule has 0 aromatic heterocycles. The lowest BCUT2D eigenvalue weighted by atomic mass is 9.82. The molecule has 1 N–H and O–H groups in total. The fourth-order valence-corrected chi connectivity index (χ4v) is 2.15. The Hall–Kier alpha value is -0.820. The molecule has 1 aromatic rings. The van der Waals surface area contributed by atoms with Crippen molar-refractivity contribution in [2.24, 2.45) is 5.92 Å². The molecular formula is C17H28O. The molecule has 0 radical (unpaired) electrons. The van der Waals surface area contributed by atoms with E-state index in [-0.39, 0.29) is 5.41 Å². The van der Waals surface area contributed by atoms with Gasteiger partial charge < -0.3 is 5.11 Å². The molecule has 0 aliphatic rings. The SMILES string of the molecule is CCC(C)C(C)(O)Cc1ccc(C(C)(C)C)cc1. The molecule has 0 aliphatic heterocycles. The van der Waals surface area contributed by atoms with Gasteiger partial charge in [-0.1, -0.05) is 65.3 Å². The summed E-state index contributed by atoms with van der Waals surface area (Å²) in [5.41, 5.74) is 2.14. The van der Waals surface area contributed by atoms with E-state index in [2.05, 4.69) is 58.9 Å². The van der Waals surface area contributed by atoms with Crippen molar-refractivity contribution >= 4 is 0 Å². The van der Waals surface area contributed by atoms with Crippen LogP contribution in [0, 0.1) is 5.92 Å². The molecule has 1 nitrogen and oxygen atoms in total. The van der Waals surface area contributed by atoms with E-state index in [1.54, 1.807) is 0 Å². The van der Waals surface area contributed by atoms with Gasteiger partial charge in [-0.2, -0.15) is 0 Å². The highest BCUT2D eigenvalue weighted by Crippen LogP contribution is 2.26. The summed E-state index contributed by atoms with van der Waals surface area (Å²) in [5, 5.41) is 10.5. The normalized spacial score (nSPS) is 17.3. The number of rotatable bonds is 4. The standard InChI is InChI=1S/C17H28O/c1-7-13(2)17(6,18)12-14-8-10-15(11-9-14)16(3,4)5/h8-11,13,18H,7,12H2,1-6H3. The van der Waals surface area contributed by atoms with Crippen molar-refractivity contribution in [3.8, 4) is 0 Å². The molecule has 0 spiro atoms. The summed E-state index contributed by atoms with van der Waals surface area (Å²) in [6, 6.07) is 8.67. The second kappa shape index (κ2) is 5.44. The molecule has 1 rings (SSSR count). The summed E-state index contributed by atoms with van der Waals surface area (Å²) in [5.74, 6) is 0.319. The summed E-state index contributed by atoms with van der Waals surface area (Å²) in [7, 11) is 0. The van der Waals surface area contributed by atoms with Gasteiger partial charge in [-0.05, 0) is 29.4 Å². The van der Waals surface area contributed by atoms with E-state index in [1.165, 1.54) is 11.1 Å². The van der Waals surface area contributed by atoms with E-state index in [9.17, 15) is 5.11 Å². The van der Waals surface area contributed by atoms with Crippen LogP contribution in [0.15, 0.2) is 24.3 Å². The predicted molar refractivity (Wildman–Crippen MR) is 78.9 cm³/mol. The van der Waals surface area contributed by atoms with Gasteiger partial charge in [0.15, 0.2) is 0 Å². The summed E-state index contributed by atoms with van der Waals surface area (Å²) < 4.78 is 0. The van der Waals surface area contributed by atoms with Gasteiger partial charge >= 0.3 is 0 Å². The Bertz CT molecular complexity index is 368. The molecule has 0 heterocycles. The molecule has 2 unspecified atom stereocenters. The average molecular weight is 248 g/mol. The van der Waals surface area contributed by atoms with Crippen LogP contribution in [0.1, 0.15) is 59.1 Å².